The van der Waals surface area contributed by atoms with Crippen LogP contribution in [0.4, 0.5) is 0 Å². The van der Waals surface area contributed by atoms with Crippen molar-refractivity contribution in [3.63, 3.8) is 0 Å². The minimum Gasteiger partial charge on any atom is -0.493 e. The highest BCUT2D eigenvalue weighted by Crippen LogP contribution is 2.27. The summed E-state index contributed by atoms with van der Waals surface area (Å²) in [5.41, 5.74) is 1.04. The predicted octanol–water partition coefficient (Wildman–Crippen LogP) is 1.12. The van der Waals surface area contributed by atoms with Gasteiger partial charge < -0.3 is 15.5 Å². The Balaban J connectivity index is 2.24. The predicted molar refractivity (Wildman–Crippen MR) is 82.0 cm³/mol. The molecular weight excluding hydrogens is 282 g/mol. The molecule has 1 aromatic carbocycles. The van der Waals surface area contributed by atoms with Crippen LogP contribution < -0.4 is 10.9 Å². The zero-order valence-electron chi connectivity index (χ0n) is 11.7. The van der Waals surface area contributed by atoms with E-state index in [2.05, 4.69) is 16.9 Å². The first-order valence-corrected chi connectivity index (χ1v) is 6.79. The van der Waals surface area contributed by atoms with E-state index in [1.807, 2.05) is 30.3 Å². The molecule has 0 aliphatic carbocycles. The Bertz CT molecular complexity index is 809. The van der Waals surface area contributed by atoms with Gasteiger partial charge in [0.05, 0.1) is 5.56 Å². The number of allylic oxidation sites excluding steroid dienone is 1. The van der Waals surface area contributed by atoms with Gasteiger partial charge in [-0.15, -0.1) is 6.58 Å². The Hall–Kier alpha value is -2.86. The summed E-state index contributed by atoms with van der Waals surface area (Å²) in [6.07, 6.45) is 2.03. The Morgan fingerprint density at radius 2 is 2.09 bits per heavy atom. The lowest BCUT2D eigenvalue weighted by Crippen LogP contribution is -2.39. The first-order chi connectivity index (χ1) is 10.6. The molecule has 2 aromatic rings. The van der Waals surface area contributed by atoms with Gasteiger partial charge in [0.15, 0.2) is 5.82 Å². The summed E-state index contributed by atoms with van der Waals surface area (Å²) >= 11 is 0. The van der Waals surface area contributed by atoms with E-state index in [1.165, 1.54) is 6.08 Å². The van der Waals surface area contributed by atoms with Crippen LogP contribution in [-0.2, 0) is 6.42 Å². The van der Waals surface area contributed by atoms with Crippen molar-refractivity contribution in [1.29, 1.82) is 0 Å². The standard InChI is InChI=1S/C16H15N3O3/c1-2-6-11-14(20)18-13-12(10-7-4-3-5-8-10)9-17-16(22)19(13)15(11)21/h2-5,7-9,16-17,20,22H,1,6H2. The summed E-state index contributed by atoms with van der Waals surface area (Å²) in [7, 11) is 0. The van der Waals surface area contributed by atoms with Crippen LogP contribution in [0.2, 0.25) is 0 Å². The van der Waals surface area contributed by atoms with Crippen molar-refractivity contribution >= 4 is 5.57 Å². The molecule has 0 bridgehead atoms. The van der Waals surface area contributed by atoms with Crippen LogP contribution in [0.3, 0.4) is 0 Å². The largest absolute Gasteiger partial charge is 0.493 e. The van der Waals surface area contributed by atoms with Gasteiger partial charge in [-0.3, -0.25) is 4.79 Å². The van der Waals surface area contributed by atoms with Crippen molar-refractivity contribution in [2.45, 2.75) is 12.8 Å². The van der Waals surface area contributed by atoms with Crippen LogP contribution in [0.5, 0.6) is 5.88 Å². The highest BCUT2D eigenvalue weighted by atomic mass is 16.3. The van der Waals surface area contributed by atoms with E-state index >= 15 is 0 Å². The molecule has 1 aliphatic rings. The van der Waals surface area contributed by atoms with Gasteiger partial charge in [0, 0.05) is 18.2 Å². The fraction of sp³-hybridized carbons (Fsp3) is 0.125. The van der Waals surface area contributed by atoms with E-state index in [9.17, 15) is 15.0 Å². The third kappa shape index (κ3) is 2.19. The molecule has 0 saturated carbocycles. The molecule has 3 rings (SSSR count). The summed E-state index contributed by atoms with van der Waals surface area (Å²) < 4.78 is 1.13. The number of aliphatic hydroxyl groups is 1. The molecule has 3 N–H and O–H groups in total. The fourth-order valence-corrected chi connectivity index (χ4v) is 2.43. The minimum absolute atomic E-state index is 0.105. The lowest BCUT2D eigenvalue weighted by atomic mass is 10.0. The maximum atomic E-state index is 12.5. The number of rotatable bonds is 3. The third-order valence-electron chi connectivity index (χ3n) is 3.48. The van der Waals surface area contributed by atoms with Crippen LogP contribution in [0, 0.1) is 0 Å². The van der Waals surface area contributed by atoms with Crippen LogP contribution in [0.25, 0.3) is 5.57 Å². The lowest BCUT2D eigenvalue weighted by molar-refractivity contribution is 0.0732. The molecule has 0 radical (unpaired) electrons. The molecule has 1 atom stereocenters. The second-order valence-corrected chi connectivity index (χ2v) is 4.87. The summed E-state index contributed by atoms with van der Waals surface area (Å²) in [6.45, 7) is 3.56. The molecule has 0 fully saturated rings. The highest BCUT2D eigenvalue weighted by Gasteiger charge is 2.25. The van der Waals surface area contributed by atoms with Crippen LogP contribution >= 0.6 is 0 Å². The van der Waals surface area contributed by atoms with Crippen molar-refractivity contribution in [3.8, 4) is 5.88 Å². The minimum atomic E-state index is -1.23. The Kier molecular flexibility index (Phi) is 3.52. The molecule has 112 valence electrons. The fourth-order valence-electron chi connectivity index (χ4n) is 2.43. The van der Waals surface area contributed by atoms with Gasteiger partial charge in [-0.25, -0.2) is 4.57 Å². The van der Waals surface area contributed by atoms with Gasteiger partial charge in [-0.1, -0.05) is 36.4 Å². The van der Waals surface area contributed by atoms with Crippen molar-refractivity contribution in [2.75, 3.05) is 0 Å². The van der Waals surface area contributed by atoms with Gasteiger partial charge in [-0.2, -0.15) is 4.98 Å². The zero-order valence-corrected chi connectivity index (χ0v) is 11.7. The van der Waals surface area contributed by atoms with E-state index in [-0.39, 0.29) is 23.7 Å². The maximum Gasteiger partial charge on any atom is 0.264 e. The third-order valence-corrected chi connectivity index (χ3v) is 3.48. The van der Waals surface area contributed by atoms with Gasteiger partial charge in [-0.05, 0) is 5.56 Å². The number of aliphatic hydroxyl groups excluding tert-OH is 1. The van der Waals surface area contributed by atoms with Crippen molar-refractivity contribution in [2.24, 2.45) is 0 Å². The normalized spacial score (nSPS) is 16.4. The zero-order chi connectivity index (χ0) is 15.7. The van der Waals surface area contributed by atoms with Gasteiger partial charge in [0.25, 0.3) is 5.56 Å². The smallest absolute Gasteiger partial charge is 0.264 e. The van der Waals surface area contributed by atoms with Crippen LogP contribution in [0.15, 0.2) is 54.0 Å². The topological polar surface area (TPSA) is 87.4 Å². The molecule has 1 aromatic heterocycles. The van der Waals surface area contributed by atoms with E-state index in [0.29, 0.717) is 5.57 Å². The Morgan fingerprint density at radius 3 is 2.77 bits per heavy atom. The molecule has 0 amide bonds. The summed E-state index contributed by atoms with van der Waals surface area (Å²) in [5, 5.41) is 22.8. The number of nitrogens with zero attached hydrogens (tertiary/aromatic N) is 2. The second-order valence-electron chi connectivity index (χ2n) is 4.87. The van der Waals surface area contributed by atoms with Gasteiger partial charge in [0.1, 0.15) is 0 Å². The SMILES string of the molecule is C=CCc1c(O)nc2n(c1=O)C(O)NC=C2c1ccccc1. The van der Waals surface area contributed by atoms with E-state index < -0.39 is 11.9 Å². The van der Waals surface area contributed by atoms with Crippen LogP contribution in [0.1, 0.15) is 23.3 Å². The molecule has 6 nitrogen and oxygen atoms in total. The molecule has 2 heterocycles. The quantitative estimate of drug-likeness (QED) is 0.739. The second kappa shape index (κ2) is 5.50. The molecule has 0 spiro atoms. The highest BCUT2D eigenvalue weighted by molar-refractivity contribution is 5.77. The average Bonchev–Trinajstić information content (AvgIpc) is 2.52. The van der Waals surface area contributed by atoms with Crippen LogP contribution in [-0.4, -0.2) is 19.8 Å². The number of nitrogens with one attached hydrogen (secondary N) is 1. The molecule has 6 heteroatoms. The molecular formula is C16H15N3O3. The monoisotopic (exact) mass is 297 g/mol. The summed E-state index contributed by atoms with van der Waals surface area (Å²) in [6, 6.07) is 9.30. The molecule has 1 aliphatic heterocycles. The summed E-state index contributed by atoms with van der Waals surface area (Å²) in [5.74, 6) is -0.125. The van der Waals surface area contributed by atoms with Crippen molar-refractivity contribution in [1.82, 2.24) is 14.9 Å². The molecule has 22 heavy (non-hydrogen) atoms. The van der Waals surface area contributed by atoms with E-state index in [1.54, 1.807) is 6.20 Å². The van der Waals surface area contributed by atoms with Crippen molar-refractivity contribution in [3.05, 3.63) is 76.5 Å². The maximum absolute atomic E-state index is 12.5. The number of hydrogen-bond acceptors (Lipinski definition) is 5. The lowest BCUT2D eigenvalue weighted by Gasteiger charge is -2.25. The van der Waals surface area contributed by atoms with Crippen molar-refractivity contribution < 1.29 is 10.2 Å². The Labute approximate surface area is 126 Å². The van der Waals surface area contributed by atoms with E-state index in [0.717, 1.165) is 10.1 Å². The van der Waals surface area contributed by atoms with Gasteiger partial charge >= 0.3 is 0 Å². The number of benzene rings is 1. The summed E-state index contributed by atoms with van der Waals surface area (Å²) in [4.78, 5) is 16.6. The Morgan fingerprint density at radius 1 is 1.36 bits per heavy atom. The molecule has 0 saturated heterocycles. The number of aromatic hydroxyl groups is 1. The number of hydrogen-bond donors (Lipinski definition) is 3. The molecule has 1 unspecified atom stereocenters. The first-order valence-electron chi connectivity index (χ1n) is 6.79. The van der Waals surface area contributed by atoms with E-state index in [4.69, 9.17) is 0 Å². The number of fused-ring (bicyclic) bond motifs is 1. The number of aromatic nitrogens is 2. The average molecular weight is 297 g/mol. The van der Waals surface area contributed by atoms with Gasteiger partial charge in [0.2, 0.25) is 12.2 Å². The first kappa shape index (κ1) is 14.1.